The fourth-order valence-corrected chi connectivity index (χ4v) is 1.78. The number of nitrogens with zero attached hydrogens (tertiary/aromatic N) is 3. The number of pyridine rings is 1. The Morgan fingerprint density at radius 3 is 2.82 bits per heavy atom. The fraction of sp³-hybridized carbons (Fsp3) is 0.250. The first kappa shape index (κ1) is 10.00. The number of rotatable bonds is 2. The number of aromatic nitrogens is 3. The van der Waals surface area contributed by atoms with Gasteiger partial charge in [-0.05, 0) is 12.1 Å². The van der Waals surface area contributed by atoms with Gasteiger partial charge in [0.15, 0.2) is 5.41 Å². The summed E-state index contributed by atoms with van der Waals surface area (Å²) >= 11 is 0. The zero-order chi connectivity index (χ0) is 11.7. The van der Waals surface area contributed by atoms with Gasteiger partial charge in [-0.25, -0.2) is 4.98 Å². The lowest BCUT2D eigenvalue weighted by molar-refractivity contribution is -0.0335. The number of imidazole rings is 1. The predicted molar refractivity (Wildman–Crippen MR) is 59.9 cm³/mol. The first-order valence-corrected chi connectivity index (χ1v) is 5.30. The highest BCUT2D eigenvalue weighted by molar-refractivity contribution is 5.53. The molecule has 0 spiro atoms. The normalized spacial score (nSPS) is 17.1. The maximum Gasteiger partial charge on any atom is 0.161 e. The third kappa shape index (κ3) is 1.50. The highest BCUT2D eigenvalue weighted by Gasteiger charge is 2.43. The molecule has 0 amide bonds. The molecule has 2 aromatic rings. The molecule has 1 saturated heterocycles. The molecule has 0 bridgehead atoms. The van der Waals surface area contributed by atoms with E-state index in [1.165, 1.54) is 0 Å². The van der Waals surface area contributed by atoms with E-state index in [2.05, 4.69) is 21.0 Å². The van der Waals surface area contributed by atoms with Crippen LogP contribution in [0.5, 0.6) is 0 Å². The minimum Gasteiger partial charge on any atom is -0.377 e. The molecule has 84 valence electrons. The Morgan fingerprint density at radius 1 is 1.35 bits per heavy atom. The van der Waals surface area contributed by atoms with Gasteiger partial charge in [-0.15, -0.1) is 0 Å². The maximum atomic E-state index is 9.16. The fourth-order valence-electron chi connectivity index (χ4n) is 1.78. The summed E-state index contributed by atoms with van der Waals surface area (Å²) in [4.78, 5) is 11.6. The minimum absolute atomic E-state index is 0.401. The smallest absolute Gasteiger partial charge is 0.161 e. The number of nitrogens with one attached hydrogen (secondary N) is 1. The molecular formula is C12H10N4O. The molecule has 5 nitrogen and oxygen atoms in total. The first-order valence-electron chi connectivity index (χ1n) is 5.30. The second kappa shape index (κ2) is 3.68. The summed E-state index contributed by atoms with van der Waals surface area (Å²) in [5.41, 5.74) is 1.04. The van der Waals surface area contributed by atoms with Gasteiger partial charge in [-0.1, -0.05) is 6.07 Å². The topological polar surface area (TPSA) is 74.6 Å². The van der Waals surface area contributed by atoms with Crippen molar-refractivity contribution >= 4 is 0 Å². The monoisotopic (exact) mass is 226 g/mol. The van der Waals surface area contributed by atoms with Crippen LogP contribution in [0.2, 0.25) is 0 Å². The third-order valence-corrected chi connectivity index (χ3v) is 2.88. The standard InChI is InChI=1S/C12H10N4O/c13-6-12(7-17-8-12)11-15-5-10(16-11)9-3-1-2-4-14-9/h1-5H,7-8H2,(H,15,16). The number of hydrogen-bond donors (Lipinski definition) is 1. The lowest BCUT2D eigenvalue weighted by atomic mass is 9.87. The van der Waals surface area contributed by atoms with Crippen LogP contribution in [0.25, 0.3) is 11.4 Å². The number of aromatic amines is 1. The maximum absolute atomic E-state index is 9.16. The Balaban J connectivity index is 1.97. The van der Waals surface area contributed by atoms with Gasteiger partial charge in [0.1, 0.15) is 5.82 Å². The van der Waals surface area contributed by atoms with E-state index in [4.69, 9.17) is 10.00 Å². The SMILES string of the molecule is N#CC1(c2ncc(-c3ccccn3)[nH]2)COC1. The Morgan fingerprint density at radius 2 is 2.24 bits per heavy atom. The van der Waals surface area contributed by atoms with Crippen molar-refractivity contribution in [1.29, 1.82) is 5.26 Å². The Bertz CT molecular complexity index is 566. The zero-order valence-electron chi connectivity index (χ0n) is 9.05. The molecule has 1 N–H and O–H groups in total. The molecule has 0 saturated carbocycles. The average molecular weight is 226 g/mol. The summed E-state index contributed by atoms with van der Waals surface area (Å²) in [6.07, 6.45) is 3.43. The highest BCUT2D eigenvalue weighted by atomic mass is 16.5. The van der Waals surface area contributed by atoms with E-state index < -0.39 is 5.41 Å². The molecule has 2 aromatic heterocycles. The largest absolute Gasteiger partial charge is 0.377 e. The molecule has 1 fully saturated rings. The summed E-state index contributed by atoms with van der Waals surface area (Å²) in [5.74, 6) is 0.659. The number of hydrogen-bond acceptors (Lipinski definition) is 4. The Labute approximate surface area is 98.1 Å². The first-order chi connectivity index (χ1) is 8.34. The molecule has 5 heteroatoms. The van der Waals surface area contributed by atoms with Crippen LogP contribution in [-0.2, 0) is 10.2 Å². The van der Waals surface area contributed by atoms with Gasteiger partial charge in [-0.2, -0.15) is 5.26 Å². The van der Waals surface area contributed by atoms with Crippen LogP contribution in [0.3, 0.4) is 0 Å². The lowest BCUT2D eigenvalue weighted by Gasteiger charge is -2.32. The van der Waals surface area contributed by atoms with Crippen LogP contribution < -0.4 is 0 Å². The van der Waals surface area contributed by atoms with E-state index in [9.17, 15) is 0 Å². The van der Waals surface area contributed by atoms with Crippen molar-refractivity contribution in [3.63, 3.8) is 0 Å². The molecule has 1 aliphatic heterocycles. The summed E-state index contributed by atoms with van der Waals surface area (Å²) in [6.45, 7) is 0.803. The second-order valence-electron chi connectivity index (χ2n) is 4.05. The van der Waals surface area contributed by atoms with Crippen molar-refractivity contribution in [2.45, 2.75) is 5.41 Å². The van der Waals surface area contributed by atoms with E-state index in [0.29, 0.717) is 19.0 Å². The van der Waals surface area contributed by atoms with E-state index in [0.717, 1.165) is 11.4 Å². The summed E-state index contributed by atoms with van der Waals surface area (Å²) in [6, 6.07) is 7.92. The molecule has 0 unspecified atom stereocenters. The van der Waals surface area contributed by atoms with Crippen LogP contribution in [-0.4, -0.2) is 28.2 Å². The second-order valence-corrected chi connectivity index (χ2v) is 4.05. The average Bonchev–Trinajstić information content (AvgIpc) is 2.80. The van der Waals surface area contributed by atoms with Crippen molar-refractivity contribution in [2.24, 2.45) is 0 Å². The molecule has 3 rings (SSSR count). The van der Waals surface area contributed by atoms with Crippen molar-refractivity contribution in [1.82, 2.24) is 15.0 Å². The Hall–Kier alpha value is -2.19. The van der Waals surface area contributed by atoms with Crippen LogP contribution in [0.15, 0.2) is 30.6 Å². The Kier molecular flexibility index (Phi) is 2.16. The van der Waals surface area contributed by atoms with Crippen molar-refractivity contribution in [3.05, 3.63) is 36.4 Å². The molecule has 0 aliphatic carbocycles. The van der Waals surface area contributed by atoms with Gasteiger partial charge in [0.25, 0.3) is 0 Å². The number of ether oxygens (including phenoxy) is 1. The molecule has 1 aliphatic rings. The van der Waals surface area contributed by atoms with Crippen LogP contribution in [0.1, 0.15) is 5.82 Å². The van der Waals surface area contributed by atoms with E-state index in [1.807, 2.05) is 18.2 Å². The molecular weight excluding hydrogens is 216 g/mol. The molecule has 0 atom stereocenters. The zero-order valence-corrected chi connectivity index (χ0v) is 9.05. The number of nitriles is 1. The predicted octanol–water partition coefficient (Wildman–Crippen LogP) is 1.26. The van der Waals surface area contributed by atoms with Gasteiger partial charge in [0.05, 0.1) is 36.9 Å². The molecule has 0 aromatic carbocycles. The van der Waals surface area contributed by atoms with E-state index >= 15 is 0 Å². The molecule has 3 heterocycles. The van der Waals surface area contributed by atoms with Crippen LogP contribution >= 0.6 is 0 Å². The number of H-pyrrole nitrogens is 1. The summed E-state index contributed by atoms with van der Waals surface area (Å²) in [5, 5.41) is 9.16. The quantitative estimate of drug-likeness (QED) is 0.836. The van der Waals surface area contributed by atoms with Crippen LogP contribution in [0.4, 0.5) is 0 Å². The van der Waals surface area contributed by atoms with Crippen molar-refractivity contribution in [3.8, 4) is 17.5 Å². The van der Waals surface area contributed by atoms with Gasteiger partial charge < -0.3 is 9.72 Å². The molecule has 0 radical (unpaired) electrons. The summed E-state index contributed by atoms with van der Waals surface area (Å²) < 4.78 is 5.10. The lowest BCUT2D eigenvalue weighted by Crippen LogP contribution is -2.46. The van der Waals surface area contributed by atoms with Gasteiger partial charge in [-0.3, -0.25) is 4.98 Å². The van der Waals surface area contributed by atoms with Crippen molar-refractivity contribution in [2.75, 3.05) is 13.2 Å². The van der Waals surface area contributed by atoms with Crippen molar-refractivity contribution < 1.29 is 4.74 Å². The third-order valence-electron chi connectivity index (χ3n) is 2.88. The van der Waals surface area contributed by atoms with E-state index in [1.54, 1.807) is 12.4 Å². The van der Waals surface area contributed by atoms with Gasteiger partial charge in [0, 0.05) is 6.20 Å². The summed E-state index contributed by atoms with van der Waals surface area (Å²) in [7, 11) is 0. The van der Waals surface area contributed by atoms with Gasteiger partial charge in [0.2, 0.25) is 0 Å². The minimum atomic E-state index is -0.604. The molecule has 17 heavy (non-hydrogen) atoms. The van der Waals surface area contributed by atoms with Crippen LogP contribution in [0, 0.1) is 11.3 Å². The van der Waals surface area contributed by atoms with E-state index in [-0.39, 0.29) is 0 Å². The van der Waals surface area contributed by atoms with Gasteiger partial charge >= 0.3 is 0 Å². The highest BCUT2D eigenvalue weighted by Crippen LogP contribution is 2.30.